The van der Waals surface area contributed by atoms with Crippen molar-refractivity contribution in [2.24, 2.45) is 5.73 Å². The van der Waals surface area contributed by atoms with Gasteiger partial charge in [0.2, 0.25) is 0 Å². The Morgan fingerprint density at radius 3 is 2.36 bits per heavy atom. The van der Waals surface area contributed by atoms with Crippen LogP contribution in [0.25, 0.3) is 11.3 Å². The lowest BCUT2D eigenvalue weighted by Gasteiger charge is -2.27. The molecule has 0 saturated carbocycles. The number of carbonyl (C=O) groups excluding carboxylic acids is 1. The Bertz CT molecular complexity index is 1200. The molecule has 192 valence electrons. The van der Waals surface area contributed by atoms with Crippen LogP contribution in [0.4, 0.5) is 0 Å². The van der Waals surface area contributed by atoms with Gasteiger partial charge in [-0.15, -0.1) is 0 Å². The summed E-state index contributed by atoms with van der Waals surface area (Å²) in [6, 6.07) is 15.8. The van der Waals surface area contributed by atoms with Gasteiger partial charge in [0.25, 0.3) is 0 Å². The van der Waals surface area contributed by atoms with Crippen LogP contribution in [0.2, 0.25) is 5.02 Å². The van der Waals surface area contributed by atoms with Crippen molar-refractivity contribution in [1.82, 2.24) is 4.98 Å². The Morgan fingerprint density at radius 2 is 1.75 bits per heavy atom. The maximum absolute atomic E-state index is 13.0. The van der Waals surface area contributed by atoms with E-state index in [0.717, 1.165) is 11.1 Å². The van der Waals surface area contributed by atoms with Crippen molar-refractivity contribution in [3.63, 3.8) is 0 Å². The lowest BCUT2D eigenvalue weighted by Crippen LogP contribution is -2.31. The van der Waals surface area contributed by atoms with Gasteiger partial charge in [-0.2, -0.15) is 0 Å². The molecule has 0 bridgehead atoms. The highest BCUT2D eigenvalue weighted by molar-refractivity contribution is 6.30. The summed E-state index contributed by atoms with van der Waals surface area (Å²) in [7, 11) is 1.48. The average molecular weight is 513 g/mol. The van der Waals surface area contributed by atoms with Crippen molar-refractivity contribution in [3.8, 4) is 22.8 Å². The predicted molar refractivity (Wildman–Crippen MR) is 141 cm³/mol. The number of ether oxygens (including phenoxy) is 2. The highest BCUT2D eigenvalue weighted by Gasteiger charge is 2.29. The number of aliphatic hydroxyl groups is 2. The molecule has 1 aromatic heterocycles. The summed E-state index contributed by atoms with van der Waals surface area (Å²) >= 11 is 6.04. The zero-order chi connectivity index (χ0) is 26.5. The summed E-state index contributed by atoms with van der Waals surface area (Å²) < 4.78 is 10.7. The fourth-order valence-corrected chi connectivity index (χ4v) is 3.82. The van der Waals surface area contributed by atoms with E-state index in [1.54, 1.807) is 43.3 Å². The summed E-state index contributed by atoms with van der Waals surface area (Å²) in [5, 5.41) is 21.0. The normalized spacial score (nSPS) is 13.2. The van der Waals surface area contributed by atoms with Gasteiger partial charge in [0.1, 0.15) is 12.2 Å². The van der Waals surface area contributed by atoms with Gasteiger partial charge >= 0.3 is 0 Å². The molecule has 2 aromatic carbocycles. The fourth-order valence-electron chi connectivity index (χ4n) is 3.69. The van der Waals surface area contributed by atoms with E-state index in [-0.39, 0.29) is 31.8 Å². The molecule has 0 saturated heterocycles. The first kappa shape index (κ1) is 27.6. The van der Waals surface area contributed by atoms with Gasteiger partial charge in [-0.05, 0) is 75.2 Å². The first-order valence-electron chi connectivity index (χ1n) is 11.7. The number of nitrogens with zero attached hydrogens (tertiary/aromatic N) is 1. The van der Waals surface area contributed by atoms with Crippen LogP contribution in [-0.2, 0) is 11.1 Å². The molecular weight excluding hydrogens is 480 g/mol. The third kappa shape index (κ3) is 6.83. The Morgan fingerprint density at radius 1 is 1.06 bits per heavy atom. The number of hydrogen-bond donors (Lipinski definition) is 3. The van der Waals surface area contributed by atoms with Gasteiger partial charge < -0.3 is 25.4 Å². The summed E-state index contributed by atoms with van der Waals surface area (Å²) in [6.07, 6.45) is 0.236. The molecule has 0 aliphatic carbocycles. The first-order valence-corrected chi connectivity index (χ1v) is 12.1. The zero-order valence-corrected chi connectivity index (χ0v) is 21.8. The molecule has 3 aromatic rings. The average Bonchev–Trinajstić information content (AvgIpc) is 2.85. The number of ketones is 1. The van der Waals surface area contributed by atoms with E-state index in [9.17, 15) is 9.90 Å². The van der Waals surface area contributed by atoms with Crippen LogP contribution in [0.5, 0.6) is 11.5 Å². The van der Waals surface area contributed by atoms with Gasteiger partial charge in [-0.1, -0.05) is 23.7 Å². The van der Waals surface area contributed by atoms with Crippen molar-refractivity contribution in [2.45, 2.75) is 44.8 Å². The first-order chi connectivity index (χ1) is 16.9. The van der Waals surface area contributed by atoms with Gasteiger partial charge in [0, 0.05) is 28.1 Å². The minimum Gasteiger partial charge on any atom is -0.493 e. The zero-order valence-electron chi connectivity index (χ0n) is 21.0. The molecule has 7 nitrogen and oxygen atoms in total. The second-order valence-corrected chi connectivity index (χ2v) is 9.93. The van der Waals surface area contributed by atoms with Crippen LogP contribution < -0.4 is 15.2 Å². The van der Waals surface area contributed by atoms with Crippen molar-refractivity contribution >= 4 is 17.4 Å². The number of nitrogens with two attached hydrogens (primary N) is 1. The minimum absolute atomic E-state index is 0.0845. The topological polar surface area (TPSA) is 115 Å². The van der Waals surface area contributed by atoms with E-state index >= 15 is 0 Å². The molecule has 0 aliphatic heterocycles. The number of carbonyl (C=O) groups is 1. The van der Waals surface area contributed by atoms with E-state index in [1.165, 1.54) is 7.11 Å². The number of hydrogen-bond acceptors (Lipinski definition) is 7. The number of aromatic nitrogens is 1. The standard InChI is InChI=1S/C28H33ClN2O5/c1-27(2,30)20-16-22(18-5-8-21(29)9-6-18)31-26(17-20)28(3,34)12-11-23(33)19-7-10-24(36-14-13-32)25(15-19)35-4/h5-10,15-17,32,34H,11-14,30H2,1-4H3. The molecule has 1 heterocycles. The fraction of sp³-hybridized carbons (Fsp3) is 0.357. The van der Waals surface area contributed by atoms with Crippen LogP contribution in [0.15, 0.2) is 54.6 Å². The molecule has 8 heteroatoms. The number of Topliss-reactive ketones (excluding diaryl/α,β-unsaturated/α-hetero) is 1. The predicted octanol–water partition coefficient (Wildman–Crippen LogP) is 4.85. The Hall–Kier alpha value is -2.97. The summed E-state index contributed by atoms with van der Waals surface area (Å²) in [6.45, 7) is 5.41. The molecule has 36 heavy (non-hydrogen) atoms. The highest BCUT2D eigenvalue weighted by Crippen LogP contribution is 2.33. The third-order valence-electron chi connectivity index (χ3n) is 5.93. The van der Waals surface area contributed by atoms with Gasteiger partial charge in [-0.3, -0.25) is 4.79 Å². The van der Waals surface area contributed by atoms with Crippen molar-refractivity contribution in [3.05, 3.63) is 76.4 Å². The number of pyridine rings is 1. The monoisotopic (exact) mass is 512 g/mol. The third-order valence-corrected chi connectivity index (χ3v) is 6.19. The summed E-state index contributed by atoms with van der Waals surface area (Å²) in [5.74, 6) is 0.680. The number of aliphatic hydroxyl groups excluding tert-OH is 1. The van der Waals surface area contributed by atoms with E-state index in [2.05, 4.69) is 0 Å². The van der Waals surface area contributed by atoms with E-state index in [4.69, 9.17) is 36.9 Å². The second kappa shape index (κ2) is 11.4. The lowest BCUT2D eigenvalue weighted by molar-refractivity contribution is 0.0396. The molecule has 0 spiro atoms. The molecule has 3 rings (SSSR count). The summed E-state index contributed by atoms with van der Waals surface area (Å²) in [4.78, 5) is 17.7. The van der Waals surface area contributed by atoms with E-state index < -0.39 is 11.1 Å². The number of benzene rings is 2. The number of halogens is 1. The van der Waals surface area contributed by atoms with Crippen LogP contribution in [0.3, 0.4) is 0 Å². The van der Waals surface area contributed by atoms with Crippen molar-refractivity contribution in [1.29, 1.82) is 0 Å². The van der Waals surface area contributed by atoms with Crippen molar-refractivity contribution < 1.29 is 24.5 Å². The Kier molecular flexibility index (Phi) is 8.74. The Balaban J connectivity index is 1.85. The van der Waals surface area contributed by atoms with Crippen LogP contribution >= 0.6 is 11.6 Å². The molecular formula is C28H33ClN2O5. The maximum Gasteiger partial charge on any atom is 0.163 e. The Labute approximate surface area is 216 Å². The number of rotatable bonds is 11. The molecule has 1 unspecified atom stereocenters. The molecule has 0 fully saturated rings. The van der Waals surface area contributed by atoms with Crippen molar-refractivity contribution in [2.75, 3.05) is 20.3 Å². The summed E-state index contributed by atoms with van der Waals surface area (Å²) in [5.41, 5.74) is 7.52. The molecule has 0 amide bonds. The van der Waals surface area contributed by atoms with Crippen LogP contribution in [0.1, 0.15) is 55.2 Å². The maximum atomic E-state index is 13.0. The van der Waals surface area contributed by atoms with Crippen LogP contribution in [0, 0.1) is 0 Å². The highest BCUT2D eigenvalue weighted by atomic mass is 35.5. The van der Waals surface area contributed by atoms with Gasteiger partial charge in [0.15, 0.2) is 17.3 Å². The molecule has 1 atom stereocenters. The smallest absolute Gasteiger partial charge is 0.163 e. The quantitative estimate of drug-likeness (QED) is 0.315. The molecule has 0 aliphatic rings. The van der Waals surface area contributed by atoms with Crippen LogP contribution in [-0.4, -0.2) is 41.3 Å². The lowest BCUT2D eigenvalue weighted by atomic mass is 9.88. The number of methoxy groups -OCH3 is 1. The minimum atomic E-state index is -1.38. The second-order valence-electron chi connectivity index (χ2n) is 9.49. The molecule has 4 N–H and O–H groups in total. The largest absolute Gasteiger partial charge is 0.493 e. The SMILES string of the molecule is COc1cc(C(=O)CCC(C)(O)c2cc(C(C)(C)N)cc(-c3ccc(Cl)cc3)n2)ccc1OCCO. The van der Waals surface area contributed by atoms with Gasteiger partial charge in [0.05, 0.1) is 25.1 Å². The van der Waals surface area contributed by atoms with E-state index in [1.807, 2.05) is 32.0 Å². The molecule has 0 radical (unpaired) electrons. The van der Waals surface area contributed by atoms with E-state index in [0.29, 0.717) is 33.5 Å². The van der Waals surface area contributed by atoms with Gasteiger partial charge in [-0.25, -0.2) is 4.98 Å².